The van der Waals surface area contributed by atoms with Gasteiger partial charge in [0.15, 0.2) is 0 Å². The van der Waals surface area contributed by atoms with Gasteiger partial charge in [0.25, 0.3) is 0 Å². The van der Waals surface area contributed by atoms with Crippen molar-refractivity contribution in [2.45, 2.75) is 20.8 Å². The van der Waals surface area contributed by atoms with E-state index >= 15 is 0 Å². The normalized spacial score (nSPS) is 10.5. The van der Waals surface area contributed by atoms with E-state index in [9.17, 15) is 10.2 Å². The molecule has 2 N–H and O–H groups in total. The van der Waals surface area contributed by atoms with Crippen LogP contribution in [0.2, 0.25) is 0 Å². The summed E-state index contributed by atoms with van der Waals surface area (Å²) >= 11 is 0. The van der Waals surface area contributed by atoms with Crippen LogP contribution >= 0.6 is 0 Å². The Kier molecular flexibility index (Phi) is 4.52. The van der Waals surface area contributed by atoms with Gasteiger partial charge in [-0.1, -0.05) is 0 Å². The second kappa shape index (κ2) is 6.77. The maximum absolute atomic E-state index is 9.61. The van der Waals surface area contributed by atoms with E-state index in [1.165, 1.54) is 0 Å². The third kappa shape index (κ3) is 4.04. The van der Waals surface area contributed by atoms with E-state index in [2.05, 4.69) is 0 Å². The van der Waals surface area contributed by atoms with Crippen molar-refractivity contribution in [3.05, 3.63) is 71.3 Å². The Morgan fingerprint density at radius 2 is 1.00 bits per heavy atom. The Bertz CT molecular complexity index is 844. The van der Waals surface area contributed by atoms with Crippen LogP contribution < -0.4 is 9.47 Å². The molecule has 0 radical (unpaired) electrons. The highest BCUT2D eigenvalue weighted by atomic mass is 16.5. The van der Waals surface area contributed by atoms with Crippen molar-refractivity contribution < 1.29 is 19.7 Å². The maximum atomic E-state index is 9.61. The van der Waals surface area contributed by atoms with Crippen molar-refractivity contribution in [1.29, 1.82) is 0 Å². The number of aromatic hydroxyl groups is 2. The molecule has 0 heterocycles. The monoisotopic (exact) mass is 336 g/mol. The van der Waals surface area contributed by atoms with Crippen molar-refractivity contribution in [2.24, 2.45) is 0 Å². The fraction of sp³-hybridized carbons (Fsp3) is 0.143. The molecule has 4 heteroatoms. The van der Waals surface area contributed by atoms with Gasteiger partial charge in [0, 0.05) is 6.07 Å². The first-order valence-corrected chi connectivity index (χ1v) is 7.97. The summed E-state index contributed by atoms with van der Waals surface area (Å²) in [7, 11) is 0. The van der Waals surface area contributed by atoms with E-state index < -0.39 is 0 Å². The van der Waals surface area contributed by atoms with Crippen molar-refractivity contribution in [2.75, 3.05) is 0 Å². The topological polar surface area (TPSA) is 58.9 Å². The lowest BCUT2D eigenvalue weighted by Crippen LogP contribution is -1.90. The standard InChI is InChI=1S/C21H20O4/c1-13-8-18(24-16-4-6-20(22)14(2)10-16)12-19(9-13)25-17-5-7-21(23)15(3)11-17/h4-12,22-23H,1-3H3. The Morgan fingerprint density at radius 3 is 1.40 bits per heavy atom. The van der Waals surface area contributed by atoms with Gasteiger partial charge in [0.2, 0.25) is 0 Å². The van der Waals surface area contributed by atoms with Crippen LogP contribution in [0.3, 0.4) is 0 Å². The minimum absolute atomic E-state index is 0.239. The van der Waals surface area contributed by atoms with Crippen LogP contribution in [0.5, 0.6) is 34.5 Å². The van der Waals surface area contributed by atoms with E-state index in [4.69, 9.17) is 9.47 Å². The van der Waals surface area contributed by atoms with Gasteiger partial charge in [-0.05, 0) is 86.0 Å². The van der Waals surface area contributed by atoms with Crippen molar-refractivity contribution in [3.63, 3.8) is 0 Å². The molecule has 25 heavy (non-hydrogen) atoms. The predicted molar refractivity (Wildman–Crippen MR) is 97.0 cm³/mol. The summed E-state index contributed by atoms with van der Waals surface area (Å²) in [4.78, 5) is 0. The highest BCUT2D eigenvalue weighted by molar-refractivity contribution is 5.46. The van der Waals surface area contributed by atoms with Crippen LogP contribution in [0.25, 0.3) is 0 Å². The molecule has 0 bridgehead atoms. The lowest BCUT2D eigenvalue weighted by Gasteiger charge is -2.12. The van der Waals surface area contributed by atoms with E-state index in [1.807, 2.05) is 32.9 Å². The molecule has 0 aliphatic heterocycles. The molecular formula is C21H20O4. The predicted octanol–water partition coefficient (Wildman–Crippen LogP) is 5.61. The maximum Gasteiger partial charge on any atom is 0.131 e. The third-order valence-corrected chi connectivity index (χ3v) is 3.83. The fourth-order valence-corrected chi connectivity index (χ4v) is 2.49. The van der Waals surface area contributed by atoms with Gasteiger partial charge in [0.05, 0.1) is 0 Å². The van der Waals surface area contributed by atoms with Gasteiger partial charge >= 0.3 is 0 Å². The minimum atomic E-state index is 0.239. The smallest absolute Gasteiger partial charge is 0.131 e. The van der Waals surface area contributed by atoms with E-state index in [0.717, 1.165) is 16.7 Å². The van der Waals surface area contributed by atoms with Crippen LogP contribution in [-0.4, -0.2) is 10.2 Å². The molecule has 0 saturated carbocycles. The molecule has 0 unspecified atom stereocenters. The molecular weight excluding hydrogens is 316 g/mol. The summed E-state index contributed by atoms with van der Waals surface area (Å²) < 4.78 is 11.8. The summed E-state index contributed by atoms with van der Waals surface area (Å²) in [6.45, 7) is 5.60. The summed E-state index contributed by atoms with van der Waals surface area (Å²) in [5, 5.41) is 19.2. The minimum Gasteiger partial charge on any atom is -0.508 e. The molecule has 0 atom stereocenters. The Balaban J connectivity index is 1.84. The fourth-order valence-electron chi connectivity index (χ4n) is 2.49. The largest absolute Gasteiger partial charge is 0.508 e. The number of aryl methyl sites for hydroxylation is 3. The second-order valence-electron chi connectivity index (χ2n) is 6.08. The van der Waals surface area contributed by atoms with E-state index in [-0.39, 0.29) is 11.5 Å². The summed E-state index contributed by atoms with van der Waals surface area (Å²) in [6.07, 6.45) is 0. The van der Waals surface area contributed by atoms with E-state index in [0.29, 0.717) is 23.0 Å². The Hall–Kier alpha value is -3.14. The summed E-state index contributed by atoms with van der Waals surface area (Å²) in [5.41, 5.74) is 2.50. The second-order valence-corrected chi connectivity index (χ2v) is 6.08. The lowest BCUT2D eigenvalue weighted by atomic mass is 10.2. The van der Waals surface area contributed by atoms with Crippen molar-refractivity contribution in [3.8, 4) is 34.5 Å². The van der Waals surface area contributed by atoms with Crippen LogP contribution in [0.15, 0.2) is 54.6 Å². The SMILES string of the molecule is Cc1cc(Oc2ccc(O)c(C)c2)cc(Oc2ccc(O)c(C)c2)c1. The number of ether oxygens (including phenoxy) is 2. The van der Waals surface area contributed by atoms with Crippen molar-refractivity contribution >= 4 is 0 Å². The van der Waals surface area contributed by atoms with Gasteiger partial charge < -0.3 is 19.7 Å². The first kappa shape index (κ1) is 16.7. The Morgan fingerprint density at radius 1 is 0.560 bits per heavy atom. The summed E-state index contributed by atoms with van der Waals surface area (Å²) in [6, 6.07) is 15.8. The molecule has 0 spiro atoms. The third-order valence-electron chi connectivity index (χ3n) is 3.83. The van der Waals surface area contributed by atoms with Crippen LogP contribution in [0, 0.1) is 20.8 Å². The van der Waals surface area contributed by atoms with Crippen molar-refractivity contribution in [1.82, 2.24) is 0 Å². The molecule has 128 valence electrons. The van der Waals surface area contributed by atoms with Gasteiger partial charge in [-0.3, -0.25) is 0 Å². The van der Waals surface area contributed by atoms with Crippen LogP contribution in [-0.2, 0) is 0 Å². The number of rotatable bonds is 4. The van der Waals surface area contributed by atoms with Gasteiger partial charge in [0.1, 0.15) is 34.5 Å². The molecule has 0 amide bonds. The van der Waals surface area contributed by atoms with Gasteiger partial charge in [-0.15, -0.1) is 0 Å². The molecule has 0 fully saturated rings. The zero-order valence-corrected chi connectivity index (χ0v) is 14.4. The number of phenolic OH excluding ortho intramolecular Hbond substituents is 2. The average Bonchev–Trinajstić information content (AvgIpc) is 2.54. The summed E-state index contributed by atoms with van der Waals surface area (Å²) in [5.74, 6) is 3.07. The van der Waals surface area contributed by atoms with E-state index in [1.54, 1.807) is 42.5 Å². The molecule has 0 aliphatic rings. The molecule has 3 rings (SSSR count). The number of benzene rings is 3. The highest BCUT2D eigenvalue weighted by Crippen LogP contribution is 2.32. The highest BCUT2D eigenvalue weighted by Gasteiger charge is 2.06. The number of phenols is 2. The first-order chi connectivity index (χ1) is 11.9. The molecule has 0 aromatic heterocycles. The molecule has 4 nitrogen and oxygen atoms in total. The first-order valence-electron chi connectivity index (χ1n) is 7.97. The average molecular weight is 336 g/mol. The van der Waals surface area contributed by atoms with Gasteiger partial charge in [-0.2, -0.15) is 0 Å². The molecule has 0 aliphatic carbocycles. The van der Waals surface area contributed by atoms with Gasteiger partial charge in [-0.25, -0.2) is 0 Å². The zero-order valence-electron chi connectivity index (χ0n) is 14.4. The zero-order chi connectivity index (χ0) is 18.0. The Labute approximate surface area is 146 Å². The molecule has 0 saturated heterocycles. The lowest BCUT2D eigenvalue weighted by molar-refractivity contribution is 0.449. The van der Waals surface area contributed by atoms with Crippen LogP contribution in [0.4, 0.5) is 0 Å². The molecule has 3 aromatic rings. The quantitative estimate of drug-likeness (QED) is 0.650. The number of hydrogen-bond acceptors (Lipinski definition) is 4. The molecule has 3 aromatic carbocycles. The number of hydrogen-bond donors (Lipinski definition) is 2. The van der Waals surface area contributed by atoms with Crippen LogP contribution in [0.1, 0.15) is 16.7 Å².